The van der Waals surface area contributed by atoms with Crippen molar-refractivity contribution in [3.8, 4) is 11.4 Å². The van der Waals surface area contributed by atoms with Gasteiger partial charge in [0.05, 0.1) is 47.3 Å². The maximum atomic E-state index is 13.8. The van der Waals surface area contributed by atoms with Crippen LogP contribution in [0.15, 0.2) is 42.3 Å². The Bertz CT molecular complexity index is 1620. The van der Waals surface area contributed by atoms with Gasteiger partial charge in [-0.1, -0.05) is 6.42 Å². The van der Waals surface area contributed by atoms with Crippen LogP contribution in [0.3, 0.4) is 0 Å². The summed E-state index contributed by atoms with van der Waals surface area (Å²) >= 11 is 2.79. The van der Waals surface area contributed by atoms with E-state index >= 15 is 0 Å². The van der Waals surface area contributed by atoms with Gasteiger partial charge in [-0.2, -0.15) is 4.37 Å². The third-order valence-corrected chi connectivity index (χ3v) is 8.01. The summed E-state index contributed by atoms with van der Waals surface area (Å²) in [4.78, 5) is 32.5. The number of imidazole rings is 1. The third-order valence-electron chi connectivity index (χ3n) is 6.42. The topological polar surface area (TPSA) is 113 Å². The number of carbonyl (C=O) groups excluding carboxylic acids is 1. The van der Waals surface area contributed by atoms with Crippen LogP contribution in [0.25, 0.3) is 17.0 Å². The largest absolute Gasteiger partial charge is 0.328 e. The minimum atomic E-state index is -0.582. The molecule has 0 aliphatic carbocycles. The molecule has 200 valence electrons. The molecule has 0 unspecified atom stereocenters. The molecule has 0 bridgehead atoms. The van der Waals surface area contributed by atoms with Crippen LogP contribution in [0.1, 0.15) is 35.7 Å². The molecule has 0 radical (unpaired) electrons. The lowest BCUT2D eigenvalue weighted by Gasteiger charge is -2.25. The lowest BCUT2D eigenvalue weighted by molar-refractivity contribution is -0.115. The summed E-state index contributed by atoms with van der Waals surface area (Å²) in [5.41, 5.74) is 4.12. The third kappa shape index (κ3) is 5.79. The first kappa shape index (κ1) is 25.5. The van der Waals surface area contributed by atoms with Crippen LogP contribution >= 0.6 is 22.9 Å². The zero-order valence-electron chi connectivity index (χ0n) is 21.2. The molecule has 0 saturated carbocycles. The lowest BCUT2D eigenvalue weighted by Crippen LogP contribution is -2.29. The number of carbonyl (C=O) groups is 1. The van der Waals surface area contributed by atoms with Gasteiger partial charge in [-0.15, -0.1) is 11.3 Å². The molecule has 5 aromatic rings. The van der Waals surface area contributed by atoms with Crippen LogP contribution in [0.2, 0.25) is 0 Å². The zero-order valence-corrected chi connectivity index (χ0v) is 22.9. The zero-order chi connectivity index (χ0) is 26.8. The molecule has 0 atom stereocenters. The standard InChI is InChI=1S/C26H26FN9OS2/c1-16-13-36-21(20-15-38-23(32-20)10-22(37)31-19-5-6-28-11-18(19)27)12-29-26(36)25(30-16)33-24-9-17(34-39-24)14-35-7-3-2-4-8-35/h5-6,9,11-13,15H,2-4,7-8,10,14H2,1H3,(H,30,33)(H,28,31,37). The molecule has 6 rings (SSSR count). The van der Waals surface area contributed by atoms with E-state index in [1.54, 1.807) is 6.20 Å². The van der Waals surface area contributed by atoms with Crippen LogP contribution in [0.4, 0.5) is 20.9 Å². The second-order valence-electron chi connectivity index (χ2n) is 9.42. The fourth-order valence-corrected chi connectivity index (χ4v) is 6.05. The Balaban J connectivity index is 1.18. The Morgan fingerprint density at radius 2 is 2.05 bits per heavy atom. The van der Waals surface area contributed by atoms with Gasteiger partial charge in [0, 0.05) is 24.3 Å². The number of anilines is 3. The maximum absolute atomic E-state index is 13.8. The van der Waals surface area contributed by atoms with Gasteiger partial charge in [0.15, 0.2) is 17.3 Å². The molecular formula is C26H26FN9OS2. The van der Waals surface area contributed by atoms with Gasteiger partial charge in [-0.05, 0) is 56.5 Å². The Hall–Kier alpha value is -3.81. The molecule has 39 heavy (non-hydrogen) atoms. The Labute approximate surface area is 232 Å². The first-order valence-corrected chi connectivity index (χ1v) is 14.3. The number of thiazole rings is 1. The number of amides is 1. The number of aromatic nitrogens is 6. The molecule has 1 saturated heterocycles. The summed E-state index contributed by atoms with van der Waals surface area (Å²) in [6.45, 7) is 5.05. The van der Waals surface area contributed by atoms with Crippen LogP contribution < -0.4 is 10.6 Å². The van der Waals surface area contributed by atoms with E-state index in [0.717, 1.165) is 47.9 Å². The van der Waals surface area contributed by atoms with Gasteiger partial charge in [0.25, 0.3) is 0 Å². The molecule has 6 heterocycles. The normalized spacial score (nSPS) is 14.1. The predicted molar refractivity (Wildman–Crippen MR) is 150 cm³/mol. The summed E-state index contributed by atoms with van der Waals surface area (Å²) in [6, 6.07) is 3.50. The summed E-state index contributed by atoms with van der Waals surface area (Å²) in [5.74, 6) is -0.292. The number of hydrogen-bond donors (Lipinski definition) is 2. The first-order chi connectivity index (χ1) is 19.0. The van der Waals surface area contributed by atoms with Gasteiger partial charge in [-0.3, -0.25) is 19.1 Å². The highest BCUT2D eigenvalue weighted by Crippen LogP contribution is 2.29. The predicted octanol–water partition coefficient (Wildman–Crippen LogP) is 5.06. The van der Waals surface area contributed by atoms with Crippen LogP contribution in [-0.4, -0.2) is 52.6 Å². The monoisotopic (exact) mass is 563 g/mol. The molecule has 1 amide bonds. The van der Waals surface area contributed by atoms with Gasteiger partial charge in [0.2, 0.25) is 5.91 Å². The number of hydrogen-bond acceptors (Lipinski definition) is 10. The second kappa shape index (κ2) is 11.1. The summed E-state index contributed by atoms with van der Waals surface area (Å²) in [7, 11) is 0. The van der Waals surface area contributed by atoms with E-state index < -0.39 is 5.82 Å². The van der Waals surface area contributed by atoms with Gasteiger partial charge >= 0.3 is 0 Å². The van der Waals surface area contributed by atoms with Crippen molar-refractivity contribution in [3.63, 3.8) is 0 Å². The van der Waals surface area contributed by atoms with Gasteiger partial charge in [-0.25, -0.2) is 19.3 Å². The van der Waals surface area contributed by atoms with Gasteiger partial charge < -0.3 is 10.6 Å². The number of piperidine rings is 1. The molecule has 0 aromatic carbocycles. The number of likely N-dealkylation sites (tertiary alicyclic amines) is 1. The number of halogens is 1. The fraction of sp³-hybridized carbons (Fsp3) is 0.308. The van der Waals surface area contributed by atoms with E-state index in [2.05, 4.69) is 45.9 Å². The van der Waals surface area contributed by atoms with E-state index in [1.165, 1.54) is 54.4 Å². The Morgan fingerprint density at radius 3 is 2.90 bits per heavy atom. The summed E-state index contributed by atoms with van der Waals surface area (Å²) < 4.78 is 20.4. The molecule has 5 aromatic heterocycles. The molecule has 1 fully saturated rings. The SMILES string of the molecule is Cc1cn2c(-c3csc(CC(=O)Nc4ccncc4F)n3)cnc2c(Nc2cc(CN3CCCCC3)ns2)n1. The number of nitrogens with one attached hydrogen (secondary N) is 2. The molecule has 10 nitrogen and oxygen atoms in total. The van der Waals surface area contributed by atoms with Gasteiger partial charge in [0.1, 0.15) is 10.0 Å². The number of pyridine rings is 1. The molecule has 1 aliphatic rings. The molecule has 2 N–H and O–H groups in total. The maximum Gasteiger partial charge on any atom is 0.231 e. The van der Waals surface area contributed by atoms with Crippen LogP contribution in [-0.2, 0) is 17.8 Å². The molecule has 1 aliphatic heterocycles. The van der Waals surface area contributed by atoms with Crippen molar-refractivity contribution in [2.24, 2.45) is 0 Å². The smallest absolute Gasteiger partial charge is 0.231 e. The van der Waals surface area contributed by atoms with Crippen molar-refractivity contribution in [3.05, 3.63) is 64.5 Å². The average Bonchev–Trinajstić information content (AvgIpc) is 3.66. The van der Waals surface area contributed by atoms with E-state index in [1.807, 2.05) is 22.9 Å². The summed E-state index contributed by atoms with van der Waals surface area (Å²) in [5, 5.41) is 9.39. The van der Waals surface area contributed by atoms with E-state index in [9.17, 15) is 9.18 Å². The first-order valence-electron chi connectivity index (χ1n) is 12.7. The van der Waals surface area contributed by atoms with E-state index in [0.29, 0.717) is 22.2 Å². The number of rotatable bonds is 8. The Kier molecular flexibility index (Phi) is 7.26. The highest BCUT2D eigenvalue weighted by atomic mass is 32.1. The van der Waals surface area contributed by atoms with Crippen LogP contribution in [0.5, 0.6) is 0 Å². The Morgan fingerprint density at radius 1 is 1.18 bits per heavy atom. The molecule has 0 spiro atoms. The fourth-order valence-electron chi connectivity index (χ4n) is 4.61. The average molecular weight is 564 g/mol. The highest BCUT2D eigenvalue weighted by Gasteiger charge is 2.17. The van der Waals surface area contributed by atoms with Crippen LogP contribution in [0, 0.1) is 12.7 Å². The number of nitrogens with zero attached hydrogens (tertiary/aromatic N) is 7. The van der Waals surface area contributed by atoms with Crippen molar-refractivity contribution >= 4 is 50.9 Å². The van der Waals surface area contributed by atoms with Crippen molar-refractivity contribution in [2.75, 3.05) is 23.7 Å². The quantitative estimate of drug-likeness (QED) is 0.269. The van der Waals surface area contributed by atoms with E-state index in [4.69, 9.17) is 0 Å². The minimum Gasteiger partial charge on any atom is -0.328 e. The van der Waals surface area contributed by atoms with Crippen molar-refractivity contribution in [1.82, 2.24) is 33.6 Å². The lowest BCUT2D eigenvalue weighted by atomic mass is 10.1. The molecular weight excluding hydrogens is 537 g/mol. The number of aryl methyl sites for hydroxylation is 1. The van der Waals surface area contributed by atoms with Crippen molar-refractivity contribution in [1.29, 1.82) is 0 Å². The van der Waals surface area contributed by atoms with E-state index in [-0.39, 0.29) is 18.0 Å². The van der Waals surface area contributed by atoms with Crippen molar-refractivity contribution in [2.45, 2.75) is 39.2 Å². The van der Waals surface area contributed by atoms with Crippen molar-refractivity contribution < 1.29 is 9.18 Å². The highest BCUT2D eigenvalue weighted by molar-refractivity contribution is 7.10. The molecule has 13 heteroatoms. The number of fused-ring (bicyclic) bond motifs is 1. The second-order valence-corrected chi connectivity index (χ2v) is 11.2. The summed E-state index contributed by atoms with van der Waals surface area (Å²) in [6.07, 6.45) is 9.99. The minimum absolute atomic E-state index is 0.0295.